The van der Waals surface area contributed by atoms with Crippen LogP contribution in [-0.4, -0.2) is 17.6 Å². The Morgan fingerprint density at radius 1 is 1.61 bits per heavy atom. The van der Waals surface area contributed by atoms with E-state index in [1.807, 2.05) is 22.6 Å². The number of hydrogen-bond donors (Lipinski definition) is 1. The van der Waals surface area contributed by atoms with Crippen LogP contribution in [-0.2, 0) is 22.5 Å². The zero-order valence-electron chi connectivity index (χ0n) is 9.75. The van der Waals surface area contributed by atoms with Crippen molar-refractivity contribution in [3.05, 3.63) is 26.6 Å². The number of pyridine rings is 1. The Morgan fingerprint density at radius 2 is 2.28 bits per heavy atom. The predicted molar refractivity (Wildman–Crippen MR) is 70.1 cm³/mol. The van der Waals surface area contributed by atoms with E-state index in [1.165, 1.54) is 6.20 Å². The second-order valence-electron chi connectivity index (χ2n) is 3.45. The van der Waals surface area contributed by atoms with E-state index in [1.54, 1.807) is 6.92 Å². The number of carbonyl (C=O) groups excluding carboxylic acids is 1. The third-order valence-electron chi connectivity index (χ3n) is 2.27. The summed E-state index contributed by atoms with van der Waals surface area (Å²) < 4.78 is 30.7. The number of rotatable bonds is 5. The zero-order valence-corrected chi connectivity index (χ0v) is 11.9. The first kappa shape index (κ1) is 15.2. The molecule has 0 radical (unpaired) electrons. The highest BCUT2D eigenvalue weighted by Gasteiger charge is 2.19. The molecule has 0 spiro atoms. The molecule has 1 aromatic rings. The molecule has 0 saturated carbocycles. The second kappa shape index (κ2) is 6.93. The Balaban J connectivity index is 3.05. The fourth-order valence-electron chi connectivity index (χ4n) is 1.46. The average Bonchev–Trinajstić information content (AvgIpc) is 2.31. The predicted octanol–water partition coefficient (Wildman–Crippen LogP) is 2.19. The Hall–Kier alpha value is -0.830. The summed E-state index contributed by atoms with van der Waals surface area (Å²) in [7, 11) is 0. The lowest BCUT2D eigenvalue weighted by Gasteiger charge is -2.12. The molecule has 0 aromatic carbocycles. The molecule has 0 atom stereocenters. The van der Waals surface area contributed by atoms with Gasteiger partial charge < -0.3 is 10.5 Å². The van der Waals surface area contributed by atoms with Crippen molar-refractivity contribution in [3.8, 4) is 0 Å². The van der Waals surface area contributed by atoms with E-state index in [0.717, 1.165) is 0 Å². The molecule has 18 heavy (non-hydrogen) atoms. The van der Waals surface area contributed by atoms with Crippen LogP contribution in [0.5, 0.6) is 0 Å². The SMILES string of the molecule is CCOC(=O)Cc1cnc(C(F)F)c(CN)c1I. The zero-order chi connectivity index (χ0) is 13.7. The lowest BCUT2D eigenvalue weighted by molar-refractivity contribution is -0.142. The summed E-state index contributed by atoms with van der Waals surface area (Å²) in [6.07, 6.45) is -1.39. The summed E-state index contributed by atoms with van der Waals surface area (Å²) in [6.45, 7) is 1.94. The minimum atomic E-state index is -2.67. The molecule has 2 N–H and O–H groups in total. The van der Waals surface area contributed by atoms with Crippen LogP contribution >= 0.6 is 22.6 Å². The number of carbonyl (C=O) groups is 1. The van der Waals surface area contributed by atoms with Crippen LogP contribution < -0.4 is 5.73 Å². The Bertz CT molecular complexity index is 441. The van der Waals surface area contributed by atoms with Gasteiger partial charge in [-0.15, -0.1) is 0 Å². The van der Waals surface area contributed by atoms with Crippen molar-refractivity contribution in [3.63, 3.8) is 0 Å². The van der Waals surface area contributed by atoms with E-state index in [-0.39, 0.29) is 30.8 Å². The van der Waals surface area contributed by atoms with Gasteiger partial charge in [0.2, 0.25) is 0 Å². The van der Waals surface area contributed by atoms with E-state index < -0.39 is 12.4 Å². The van der Waals surface area contributed by atoms with E-state index in [2.05, 4.69) is 4.98 Å². The highest BCUT2D eigenvalue weighted by molar-refractivity contribution is 14.1. The normalized spacial score (nSPS) is 10.8. The largest absolute Gasteiger partial charge is 0.466 e. The van der Waals surface area contributed by atoms with Crippen molar-refractivity contribution in [1.29, 1.82) is 0 Å². The molecule has 0 amide bonds. The number of halogens is 3. The first-order chi connectivity index (χ1) is 8.51. The Kier molecular flexibility index (Phi) is 5.86. The maximum atomic E-state index is 12.7. The Labute approximate surface area is 117 Å². The summed E-state index contributed by atoms with van der Waals surface area (Å²) in [4.78, 5) is 15.0. The molecule has 0 aliphatic heterocycles. The molecule has 4 nitrogen and oxygen atoms in total. The number of aromatic nitrogens is 1. The van der Waals surface area contributed by atoms with Gasteiger partial charge in [-0.3, -0.25) is 9.78 Å². The summed E-state index contributed by atoms with van der Waals surface area (Å²) >= 11 is 1.90. The lowest BCUT2D eigenvalue weighted by atomic mass is 10.1. The van der Waals surface area contributed by atoms with E-state index in [0.29, 0.717) is 9.13 Å². The molecular weight excluding hydrogens is 357 g/mol. The fraction of sp³-hybridized carbons (Fsp3) is 0.455. The summed E-state index contributed by atoms with van der Waals surface area (Å²) in [5.41, 5.74) is 5.97. The van der Waals surface area contributed by atoms with Gasteiger partial charge >= 0.3 is 5.97 Å². The second-order valence-corrected chi connectivity index (χ2v) is 4.53. The van der Waals surface area contributed by atoms with Crippen LogP contribution in [0.15, 0.2) is 6.20 Å². The van der Waals surface area contributed by atoms with Gasteiger partial charge in [0, 0.05) is 21.9 Å². The van der Waals surface area contributed by atoms with E-state index in [9.17, 15) is 13.6 Å². The molecule has 1 heterocycles. The van der Waals surface area contributed by atoms with Crippen molar-refractivity contribution in [2.75, 3.05) is 6.61 Å². The van der Waals surface area contributed by atoms with Crippen molar-refractivity contribution >= 4 is 28.6 Å². The first-order valence-electron chi connectivity index (χ1n) is 5.31. The van der Waals surface area contributed by atoms with Gasteiger partial charge in [-0.1, -0.05) is 0 Å². The van der Waals surface area contributed by atoms with Crippen LogP contribution in [0.25, 0.3) is 0 Å². The van der Waals surface area contributed by atoms with Gasteiger partial charge in [0.25, 0.3) is 6.43 Å². The summed E-state index contributed by atoms with van der Waals surface area (Å²) in [6, 6.07) is 0. The van der Waals surface area contributed by atoms with Gasteiger partial charge in [0.15, 0.2) is 0 Å². The minimum Gasteiger partial charge on any atom is -0.466 e. The maximum absolute atomic E-state index is 12.7. The standard InChI is InChI=1S/C11H13F2IN2O2/c1-2-18-8(17)3-6-5-16-10(11(12)13)7(4-15)9(6)14/h5,11H,2-4,15H2,1H3. The number of hydrogen-bond acceptors (Lipinski definition) is 4. The van der Waals surface area contributed by atoms with Gasteiger partial charge in [-0.25, -0.2) is 8.78 Å². The molecule has 0 bridgehead atoms. The molecular formula is C11H13F2IN2O2. The van der Waals surface area contributed by atoms with Crippen molar-refractivity contribution < 1.29 is 18.3 Å². The van der Waals surface area contributed by atoms with Crippen LogP contribution in [0.1, 0.15) is 30.2 Å². The molecule has 0 unspecified atom stereocenters. The first-order valence-corrected chi connectivity index (χ1v) is 6.39. The Morgan fingerprint density at radius 3 is 2.78 bits per heavy atom. The molecule has 1 rings (SSSR count). The van der Waals surface area contributed by atoms with Crippen LogP contribution in [0.2, 0.25) is 0 Å². The molecule has 0 fully saturated rings. The fourth-order valence-corrected chi connectivity index (χ4v) is 2.29. The van der Waals surface area contributed by atoms with Crippen molar-refractivity contribution in [1.82, 2.24) is 4.98 Å². The van der Waals surface area contributed by atoms with Gasteiger partial charge in [0.1, 0.15) is 5.69 Å². The summed E-state index contributed by atoms with van der Waals surface area (Å²) in [5.74, 6) is -0.412. The number of nitrogens with zero attached hydrogens (tertiary/aromatic N) is 1. The monoisotopic (exact) mass is 370 g/mol. The van der Waals surface area contributed by atoms with Gasteiger partial charge in [0.05, 0.1) is 13.0 Å². The lowest BCUT2D eigenvalue weighted by Crippen LogP contribution is -2.13. The van der Waals surface area contributed by atoms with E-state index in [4.69, 9.17) is 10.5 Å². The van der Waals surface area contributed by atoms with Crippen molar-refractivity contribution in [2.24, 2.45) is 5.73 Å². The number of alkyl halides is 2. The molecule has 7 heteroatoms. The summed E-state index contributed by atoms with van der Waals surface area (Å²) in [5, 5.41) is 0. The molecule has 0 aliphatic carbocycles. The van der Waals surface area contributed by atoms with E-state index >= 15 is 0 Å². The topological polar surface area (TPSA) is 65.2 Å². The smallest absolute Gasteiger partial charge is 0.310 e. The molecule has 1 aromatic heterocycles. The highest BCUT2D eigenvalue weighted by atomic mass is 127. The van der Waals surface area contributed by atoms with Gasteiger partial charge in [-0.05, 0) is 35.1 Å². The number of ether oxygens (including phenoxy) is 1. The number of nitrogens with two attached hydrogens (primary N) is 1. The van der Waals surface area contributed by atoms with Crippen LogP contribution in [0, 0.1) is 3.57 Å². The molecule has 100 valence electrons. The van der Waals surface area contributed by atoms with Crippen LogP contribution in [0.4, 0.5) is 8.78 Å². The maximum Gasteiger partial charge on any atom is 0.310 e. The quantitative estimate of drug-likeness (QED) is 0.638. The van der Waals surface area contributed by atoms with Gasteiger partial charge in [-0.2, -0.15) is 0 Å². The highest BCUT2D eigenvalue weighted by Crippen LogP contribution is 2.26. The van der Waals surface area contributed by atoms with Crippen molar-refractivity contribution in [2.45, 2.75) is 26.3 Å². The third kappa shape index (κ3) is 3.58. The molecule has 0 aliphatic rings. The van der Waals surface area contributed by atoms with Crippen LogP contribution in [0.3, 0.4) is 0 Å². The molecule has 0 saturated heterocycles. The third-order valence-corrected chi connectivity index (χ3v) is 3.61. The minimum absolute atomic E-state index is 0.00955. The number of esters is 1. The average molecular weight is 370 g/mol.